The molecule has 102 valence electrons. The van der Waals surface area contributed by atoms with Crippen LogP contribution >= 0.6 is 15.9 Å². The van der Waals surface area contributed by atoms with Gasteiger partial charge >= 0.3 is 0 Å². The van der Waals surface area contributed by atoms with Gasteiger partial charge in [0.15, 0.2) is 5.75 Å². The van der Waals surface area contributed by atoms with Crippen molar-refractivity contribution in [3.05, 3.63) is 58.1 Å². The third-order valence-electron chi connectivity index (χ3n) is 4.24. The van der Waals surface area contributed by atoms with Gasteiger partial charge in [0.2, 0.25) is 0 Å². The molecule has 0 saturated carbocycles. The van der Waals surface area contributed by atoms with Gasteiger partial charge in [-0.1, -0.05) is 30.3 Å². The van der Waals surface area contributed by atoms with Gasteiger partial charge in [-0.3, -0.25) is 0 Å². The van der Waals surface area contributed by atoms with Gasteiger partial charge in [0.25, 0.3) is 0 Å². The smallest absolute Gasteiger partial charge is 0.157 e. The number of hydrogen-bond donors (Lipinski definition) is 1. The number of para-hydroxylation sites is 1. The first-order chi connectivity index (χ1) is 9.83. The first kappa shape index (κ1) is 12.3. The highest BCUT2D eigenvalue weighted by Crippen LogP contribution is 2.44. The van der Waals surface area contributed by atoms with Crippen LogP contribution < -0.4 is 10.1 Å². The standard InChI is InChI=1S/C17H16BrNO/c18-13-8-4-10-15-17(13)20-16-12-7-2-1-5-11(12)6-3-9-14(16)19-15/h1-2,4-5,7-8,10,14,16,19H,3,6,9H2. The topological polar surface area (TPSA) is 21.3 Å². The van der Waals surface area contributed by atoms with Gasteiger partial charge in [0.1, 0.15) is 6.10 Å². The molecule has 0 amide bonds. The van der Waals surface area contributed by atoms with E-state index in [0.717, 1.165) is 28.8 Å². The molecule has 0 spiro atoms. The van der Waals surface area contributed by atoms with Gasteiger partial charge in [-0.05, 0) is 58.5 Å². The Balaban J connectivity index is 1.81. The van der Waals surface area contributed by atoms with Crippen LogP contribution in [0.3, 0.4) is 0 Å². The van der Waals surface area contributed by atoms with E-state index in [4.69, 9.17) is 4.74 Å². The van der Waals surface area contributed by atoms with E-state index in [2.05, 4.69) is 51.6 Å². The number of rotatable bonds is 0. The molecular formula is C17H16BrNO. The van der Waals surface area contributed by atoms with Crippen LogP contribution in [0.2, 0.25) is 0 Å². The molecule has 1 heterocycles. The number of aryl methyl sites for hydroxylation is 1. The predicted molar refractivity (Wildman–Crippen MR) is 84.3 cm³/mol. The van der Waals surface area contributed by atoms with E-state index in [1.165, 1.54) is 17.5 Å². The van der Waals surface area contributed by atoms with Gasteiger partial charge in [-0.2, -0.15) is 0 Å². The summed E-state index contributed by atoms with van der Waals surface area (Å²) in [4.78, 5) is 0. The SMILES string of the molecule is Brc1cccc2c1OC1c3ccccc3CCCC1N2. The summed E-state index contributed by atoms with van der Waals surface area (Å²) < 4.78 is 7.38. The van der Waals surface area contributed by atoms with Crippen molar-refractivity contribution in [2.45, 2.75) is 31.4 Å². The second-order valence-corrected chi connectivity index (χ2v) is 6.35. The molecule has 1 aliphatic carbocycles. The van der Waals surface area contributed by atoms with Crippen LogP contribution in [0.5, 0.6) is 5.75 Å². The number of halogens is 1. The highest BCUT2D eigenvalue weighted by atomic mass is 79.9. The number of ether oxygens (including phenoxy) is 1. The molecule has 2 atom stereocenters. The Bertz CT molecular complexity index is 655. The molecular weight excluding hydrogens is 314 g/mol. The Kier molecular flexibility index (Phi) is 2.95. The van der Waals surface area contributed by atoms with Crippen LogP contribution in [0.25, 0.3) is 0 Å². The zero-order valence-electron chi connectivity index (χ0n) is 11.1. The molecule has 2 aliphatic rings. The second kappa shape index (κ2) is 4.81. The van der Waals surface area contributed by atoms with Crippen molar-refractivity contribution >= 4 is 21.6 Å². The summed E-state index contributed by atoms with van der Waals surface area (Å²) in [6, 6.07) is 15.2. The quantitative estimate of drug-likeness (QED) is 0.756. The van der Waals surface area contributed by atoms with E-state index in [0.29, 0.717) is 6.04 Å². The number of anilines is 1. The fraction of sp³-hybridized carbons (Fsp3) is 0.294. The minimum atomic E-state index is 0.111. The fourth-order valence-electron chi connectivity index (χ4n) is 3.28. The normalized spacial score (nSPS) is 23.4. The van der Waals surface area contributed by atoms with E-state index in [-0.39, 0.29) is 6.10 Å². The predicted octanol–water partition coefficient (Wildman–Crippen LogP) is 4.70. The molecule has 0 saturated heterocycles. The average molecular weight is 330 g/mol. The van der Waals surface area contributed by atoms with Crippen LogP contribution in [0.1, 0.15) is 30.1 Å². The Morgan fingerprint density at radius 1 is 1.10 bits per heavy atom. The van der Waals surface area contributed by atoms with Crippen LogP contribution in [0.4, 0.5) is 5.69 Å². The number of fused-ring (bicyclic) bond motifs is 4. The lowest BCUT2D eigenvalue weighted by Gasteiger charge is -2.35. The van der Waals surface area contributed by atoms with Crippen molar-refractivity contribution < 1.29 is 4.74 Å². The largest absolute Gasteiger partial charge is 0.480 e. The van der Waals surface area contributed by atoms with Gasteiger partial charge in [-0.25, -0.2) is 0 Å². The third-order valence-corrected chi connectivity index (χ3v) is 4.87. The molecule has 2 aromatic rings. The van der Waals surface area contributed by atoms with Crippen LogP contribution in [0.15, 0.2) is 46.9 Å². The van der Waals surface area contributed by atoms with Gasteiger partial charge < -0.3 is 10.1 Å². The summed E-state index contributed by atoms with van der Waals surface area (Å²) >= 11 is 3.59. The maximum absolute atomic E-state index is 6.36. The number of benzene rings is 2. The first-order valence-corrected chi connectivity index (χ1v) is 7.92. The third kappa shape index (κ3) is 1.92. The Morgan fingerprint density at radius 3 is 2.95 bits per heavy atom. The molecule has 0 fully saturated rings. The van der Waals surface area contributed by atoms with Crippen LogP contribution in [0, 0.1) is 0 Å². The molecule has 0 bridgehead atoms. The minimum Gasteiger partial charge on any atom is -0.480 e. The summed E-state index contributed by atoms with van der Waals surface area (Å²) in [6.45, 7) is 0. The Morgan fingerprint density at radius 2 is 2.00 bits per heavy atom. The van der Waals surface area contributed by atoms with E-state index in [1.54, 1.807) is 0 Å². The summed E-state index contributed by atoms with van der Waals surface area (Å²) in [5.41, 5.74) is 3.86. The highest BCUT2D eigenvalue weighted by Gasteiger charge is 2.34. The Labute approximate surface area is 127 Å². The van der Waals surface area contributed by atoms with E-state index >= 15 is 0 Å². The maximum Gasteiger partial charge on any atom is 0.157 e. The van der Waals surface area contributed by atoms with Crippen molar-refractivity contribution in [2.24, 2.45) is 0 Å². The molecule has 20 heavy (non-hydrogen) atoms. The van der Waals surface area contributed by atoms with Crippen molar-refractivity contribution in [2.75, 3.05) is 5.32 Å². The lowest BCUT2D eigenvalue weighted by molar-refractivity contribution is 0.167. The van der Waals surface area contributed by atoms with Gasteiger partial charge in [-0.15, -0.1) is 0 Å². The van der Waals surface area contributed by atoms with Crippen LogP contribution in [-0.2, 0) is 6.42 Å². The number of nitrogens with one attached hydrogen (secondary N) is 1. The molecule has 0 radical (unpaired) electrons. The molecule has 1 N–H and O–H groups in total. The molecule has 3 heteroatoms. The molecule has 0 aromatic heterocycles. The monoisotopic (exact) mass is 329 g/mol. The second-order valence-electron chi connectivity index (χ2n) is 5.50. The minimum absolute atomic E-state index is 0.111. The van der Waals surface area contributed by atoms with Crippen molar-refractivity contribution in [3.63, 3.8) is 0 Å². The highest BCUT2D eigenvalue weighted by molar-refractivity contribution is 9.10. The molecule has 2 aromatic carbocycles. The Hall–Kier alpha value is -1.48. The molecule has 4 rings (SSSR count). The molecule has 2 unspecified atom stereocenters. The first-order valence-electron chi connectivity index (χ1n) is 7.12. The van der Waals surface area contributed by atoms with Gasteiger partial charge in [0, 0.05) is 0 Å². The van der Waals surface area contributed by atoms with Crippen LogP contribution in [-0.4, -0.2) is 6.04 Å². The maximum atomic E-state index is 6.36. The average Bonchev–Trinajstić information content (AvgIpc) is 2.65. The lowest BCUT2D eigenvalue weighted by atomic mass is 9.97. The summed E-state index contributed by atoms with van der Waals surface area (Å²) in [5, 5.41) is 3.67. The van der Waals surface area contributed by atoms with E-state index < -0.39 is 0 Å². The van der Waals surface area contributed by atoms with Crippen molar-refractivity contribution in [1.82, 2.24) is 0 Å². The summed E-state index contributed by atoms with van der Waals surface area (Å²) in [5.74, 6) is 0.936. The summed E-state index contributed by atoms with van der Waals surface area (Å²) in [6.07, 6.45) is 3.61. The van der Waals surface area contributed by atoms with E-state index in [9.17, 15) is 0 Å². The lowest BCUT2D eigenvalue weighted by Crippen LogP contribution is -2.34. The van der Waals surface area contributed by atoms with Crippen molar-refractivity contribution in [1.29, 1.82) is 0 Å². The molecule has 1 aliphatic heterocycles. The zero-order valence-corrected chi connectivity index (χ0v) is 12.7. The van der Waals surface area contributed by atoms with Crippen molar-refractivity contribution in [3.8, 4) is 5.75 Å². The fourth-order valence-corrected chi connectivity index (χ4v) is 3.74. The van der Waals surface area contributed by atoms with E-state index in [1.807, 2.05) is 12.1 Å². The summed E-state index contributed by atoms with van der Waals surface area (Å²) in [7, 11) is 0. The number of hydrogen-bond acceptors (Lipinski definition) is 2. The molecule has 2 nitrogen and oxygen atoms in total. The van der Waals surface area contributed by atoms with Gasteiger partial charge in [0.05, 0.1) is 16.2 Å². The zero-order chi connectivity index (χ0) is 13.5.